The van der Waals surface area contributed by atoms with E-state index in [2.05, 4.69) is 9.62 Å². The number of methoxy groups -OCH3 is 1. The van der Waals surface area contributed by atoms with Gasteiger partial charge in [-0.1, -0.05) is 24.3 Å². The minimum Gasteiger partial charge on any atom is -0.495 e. The monoisotopic (exact) mass is 414 g/mol. The van der Waals surface area contributed by atoms with Crippen LogP contribution in [0.2, 0.25) is 0 Å². The molecule has 0 aliphatic carbocycles. The molecule has 3 rings (SSSR count). The second-order valence-electron chi connectivity index (χ2n) is 6.47. The lowest BCUT2D eigenvalue weighted by atomic mass is 10.2. The Kier molecular flexibility index (Phi) is 6.36. The number of nitriles is 1. The molecule has 0 saturated carbocycles. The number of hydrogen-bond acceptors (Lipinski definition) is 6. The zero-order valence-electron chi connectivity index (χ0n) is 16.0. The maximum absolute atomic E-state index is 12.5. The lowest BCUT2D eigenvalue weighted by Crippen LogP contribution is -2.51. The van der Waals surface area contributed by atoms with Gasteiger partial charge in [0, 0.05) is 26.2 Å². The Morgan fingerprint density at radius 3 is 2.45 bits per heavy atom. The van der Waals surface area contributed by atoms with Gasteiger partial charge in [0.15, 0.2) is 0 Å². The van der Waals surface area contributed by atoms with Gasteiger partial charge < -0.3 is 14.5 Å². The van der Waals surface area contributed by atoms with Crippen molar-refractivity contribution in [2.24, 2.45) is 0 Å². The highest BCUT2D eigenvalue weighted by Crippen LogP contribution is 2.28. The number of benzene rings is 2. The van der Waals surface area contributed by atoms with Crippen LogP contribution in [0.4, 0.5) is 5.69 Å². The van der Waals surface area contributed by atoms with Gasteiger partial charge in [-0.2, -0.15) is 5.26 Å². The molecule has 1 N–H and O–H groups in total. The SMILES string of the molecule is COc1ccccc1N1CCN(C(=O)CNS(=O)(=O)c2ccccc2C#N)CC1. The largest absolute Gasteiger partial charge is 0.495 e. The van der Waals surface area contributed by atoms with E-state index in [0.29, 0.717) is 26.2 Å². The van der Waals surface area contributed by atoms with Crippen LogP contribution in [0.5, 0.6) is 5.75 Å². The molecule has 29 heavy (non-hydrogen) atoms. The first kappa shape index (κ1) is 20.6. The van der Waals surface area contributed by atoms with Gasteiger partial charge in [-0.3, -0.25) is 4.79 Å². The van der Waals surface area contributed by atoms with Gasteiger partial charge in [-0.05, 0) is 24.3 Å². The van der Waals surface area contributed by atoms with E-state index in [9.17, 15) is 13.2 Å². The molecule has 1 aliphatic rings. The molecule has 1 heterocycles. The molecule has 1 aliphatic heterocycles. The lowest BCUT2D eigenvalue weighted by Gasteiger charge is -2.36. The van der Waals surface area contributed by atoms with Crippen LogP contribution in [-0.2, 0) is 14.8 Å². The summed E-state index contributed by atoms with van der Waals surface area (Å²) in [5.74, 6) is 0.471. The summed E-state index contributed by atoms with van der Waals surface area (Å²) in [6.07, 6.45) is 0. The second kappa shape index (κ2) is 8.94. The molecule has 1 saturated heterocycles. The summed E-state index contributed by atoms with van der Waals surface area (Å²) in [5, 5.41) is 9.09. The number of carbonyl (C=O) groups is 1. The first-order valence-corrected chi connectivity index (χ1v) is 10.6. The molecule has 1 amide bonds. The molecule has 9 heteroatoms. The molecule has 0 aromatic heterocycles. The summed E-state index contributed by atoms with van der Waals surface area (Å²) >= 11 is 0. The second-order valence-corrected chi connectivity index (χ2v) is 8.21. The summed E-state index contributed by atoms with van der Waals surface area (Å²) in [7, 11) is -2.33. The molecule has 0 atom stereocenters. The minimum absolute atomic E-state index is 0.0397. The van der Waals surface area contributed by atoms with Crippen LogP contribution in [0.3, 0.4) is 0 Å². The van der Waals surface area contributed by atoms with Gasteiger partial charge in [0.05, 0.1) is 29.8 Å². The fourth-order valence-electron chi connectivity index (χ4n) is 3.23. The van der Waals surface area contributed by atoms with Crippen LogP contribution >= 0.6 is 0 Å². The van der Waals surface area contributed by atoms with E-state index in [0.717, 1.165) is 11.4 Å². The Hall–Kier alpha value is -3.09. The van der Waals surface area contributed by atoms with Crippen molar-refractivity contribution in [1.29, 1.82) is 5.26 Å². The number of nitrogens with zero attached hydrogens (tertiary/aromatic N) is 3. The van der Waals surface area contributed by atoms with E-state index in [4.69, 9.17) is 10.00 Å². The predicted octanol–water partition coefficient (Wildman–Crippen LogP) is 1.19. The Morgan fingerprint density at radius 1 is 1.10 bits per heavy atom. The van der Waals surface area contributed by atoms with Crippen LogP contribution in [0.25, 0.3) is 0 Å². The van der Waals surface area contributed by atoms with Gasteiger partial charge >= 0.3 is 0 Å². The number of anilines is 1. The molecule has 2 aromatic carbocycles. The smallest absolute Gasteiger partial charge is 0.242 e. The zero-order chi connectivity index (χ0) is 20.9. The van der Waals surface area contributed by atoms with Gasteiger partial charge in [0.1, 0.15) is 11.8 Å². The average molecular weight is 414 g/mol. The molecular weight excluding hydrogens is 392 g/mol. The van der Waals surface area contributed by atoms with Crippen molar-refractivity contribution in [2.45, 2.75) is 4.90 Å². The van der Waals surface area contributed by atoms with Crippen LogP contribution in [-0.4, -0.2) is 59.1 Å². The number of nitrogens with one attached hydrogen (secondary N) is 1. The molecule has 2 aromatic rings. The molecule has 0 radical (unpaired) electrons. The van der Waals surface area contributed by atoms with E-state index >= 15 is 0 Å². The van der Waals surface area contributed by atoms with E-state index in [1.165, 1.54) is 18.2 Å². The van der Waals surface area contributed by atoms with Crippen molar-refractivity contribution in [2.75, 3.05) is 44.7 Å². The topological polar surface area (TPSA) is 103 Å². The number of piperazine rings is 1. The maximum Gasteiger partial charge on any atom is 0.242 e. The Labute approximate surface area is 170 Å². The van der Waals surface area contributed by atoms with Gasteiger partial charge in [-0.15, -0.1) is 0 Å². The van der Waals surface area contributed by atoms with Gasteiger partial charge in [-0.25, -0.2) is 13.1 Å². The van der Waals surface area contributed by atoms with Crippen molar-refractivity contribution < 1.29 is 17.9 Å². The number of hydrogen-bond donors (Lipinski definition) is 1. The Morgan fingerprint density at radius 2 is 1.76 bits per heavy atom. The minimum atomic E-state index is -3.95. The van der Waals surface area contributed by atoms with E-state index in [-0.39, 0.29) is 22.9 Å². The first-order valence-electron chi connectivity index (χ1n) is 9.11. The number of para-hydroxylation sites is 2. The quantitative estimate of drug-likeness (QED) is 0.762. The standard InChI is InChI=1S/C20H22N4O4S/c1-28-18-8-4-3-7-17(18)23-10-12-24(13-11-23)20(25)15-22-29(26,27)19-9-5-2-6-16(19)14-21/h2-9,22H,10-13,15H2,1H3. The summed E-state index contributed by atoms with van der Waals surface area (Å²) in [6, 6.07) is 15.4. The molecule has 152 valence electrons. The normalized spacial score (nSPS) is 14.3. The maximum atomic E-state index is 12.5. The van der Waals surface area contributed by atoms with Crippen molar-refractivity contribution in [1.82, 2.24) is 9.62 Å². The fourth-order valence-corrected chi connectivity index (χ4v) is 4.36. The molecule has 0 bridgehead atoms. The van der Waals surface area contributed by atoms with E-state index in [1.807, 2.05) is 30.3 Å². The van der Waals surface area contributed by atoms with E-state index < -0.39 is 10.0 Å². The van der Waals surface area contributed by atoms with Crippen molar-refractivity contribution >= 4 is 21.6 Å². The van der Waals surface area contributed by atoms with Crippen molar-refractivity contribution in [3.63, 3.8) is 0 Å². The highest BCUT2D eigenvalue weighted by molar-refractivity contribution is 7.89. The van der Waals surface area contributed by atoms with Crippen molar-refractivity contribution in [3.8, 4) is 11.8 Å². The summed E-state index contributed by atoms with van der Waals surface area (Å²) < 4.78 is 32.6. The molecule has 1 fully saturated rings. The Bertz CT molecular complexity index is 1020. The third-order valence-corrected chi connectivity index (χ3v) is 6.23. The van der Waals surface area contributed by atoms with Crippen LogP contribution in [0.15, 0.2) is 53.4 Å². The molecule has 0 spiro atoms. The zero-order valence-corrected chi connectivity index (χ0v) is 16.9. The van der Waals surface area contributed by atoms with Crippen molar-refractivity contribution in [3.05, 3.63) is 54.1 Å². The number of ether oxygens (including phenoxy) is 1. The van der Waals surface area contributed by atoms with Crippen LogP contribution in [0, 0.1) is 11.3 Å². The molecular formula is C20H22N4O4S. The lowest BCUT2D eigenvalue weighted by molar-refractivity contribution is -0.130. The number of sulfonamides is 1. The summed E-state index contributed by atoms with van der Waals surface area (Å²) in [5.41, 5.74) is 1.01. The average Bonchev–Trinajstić information content (AvgIpc) is 2.77. The third-order valence-electron chi connectivity index (χ3n) is 4.77. The van der Waals surface area contributed by atoms with Gasteiger partial charge in [0.2, 0.25) is 15.9 Å². The van der Waals surface area contributed by atoms with E-state index in [1.54, 1.807) is 18.1 Å². The van der Waals surface area contributed by atoms with Gasteiger partial charge in [0.25, 0.3) is 0 Å². The first-order chi connectivity index (χ1) is 14.0. The molecule has 8 nitrogen and oxygen atoms in total. The van der Waals surface area contributed by atoms with Crippen LogP contribution in [0.1, 0.15) is 5.56 Å². The Balaban J connectivity index is 1.58. The predicted molar refractivity (Wildman–Crippen MR) is 108 cm³/mol. The molecule has 0 unspecified atom stereocenters. The number of rotatable bonds is 6. The van der Waals surface area contributed by atoms with Crippen LogP contribution < -0.4 is 14.4 Å². The number of carbonyl (C=O) groups excluding carboxylic acids is 1. The highest BCUT2D eigenvalue weighted by atomic mass is 32.2. The summed E-state index contributed by atoms with van der Waals surface area (Å²) in [6.45, 7) is 1.85. The fraction of sp³-hybridized carbons (Fsp3) is 0.300. The highest BCUT2D eigenvalue weighted by Gasteiger charge is 2.25. The third kappa shape index (κ3) is 4.67. The summed E-state index contributed by atoms with van der Waals surface area (Å²) in [4.78, 5) is 16.1. The number of amides is 1.